The first-order valence-electron chi connectivity index (χ1n) is 7.17. The Labute approximate surface area is 133 Å². The van der Waals surface area contributed by atoms with Crippen LogP contribution in [-0.4, -0.2) is 40.0 Å². The van der Waals surface area contributed by atoms with E-state index in [9.17, 15) is 4.79 Å². The van der Waals surface area contributed by atoms with E-state index in [1.54, 1.807) is 22.6 Å². The average Bonchev–Trinajstić information content (AvgIpc) is 3.16. The van der Waals surface area contributed by atoms with Crippen molar-refractivity contribution in [3.05, 3.63) is 36.3 Å². The summed E-state index contributed by atoms with van der Waals surface area (Å²) >= 11 is 1.63. The van der Waals surface area contributed by atoms with E-state index in [0.717, 1.165) is 17.0 Å². The molecule has 22 heavy (non-hydrogen) atoms. The molecule has 0 unspecified atom stereocenters. The van der Waals surface area contributed by atoms with Crippen LogP contribution in [-0.2, 0) is 11.8 Å². The van der Waals surface area contributed by atoms with E-state index in [1.165, 1.54) is 0 Å². The minimum absolute atomic E-state index is 0.00301. The Balaban J connectivity index is 1.70. The van der Waals surface area contributed by atoms with E-state index in [4.69, 9.17) is 0 Å². The van der Waals surface area contributed by atoms with Crippen molar-refractivity contribution in [3.63, 3.8) is 0 Å². The molecule has 0 saturated carbocycles. The van der Waals surface area contributed by atoms with Crippen LogP contribution in [0.25, 0.3) is 0 Å². The van der Waals surface area contributed by atoms with Crippen molar-refractivity contribution in [1.82, 2.24) is 20.1 Å². The Hall–Kier alpha value is -1.86. The van der Waals surface area contributed by atoms with Crippen molar-refractivity contribution in [1.29, 1.82) is 0 Å². The van der Waals surface area contributed by atoms with Crippen LogP contribution in [0.15, 0.2) is 35.6 Å². The quantitative estimate of drug-likeness (QED) is 0.836. The van der Waals surface area contributed by atoms with Crippen LogP contribution in [0.5, 0.6) is 0 Å². The summed E-state index contributed by atoms with van der Waals surface area (Å²) in [4.78, 5) is 17.9. The summed E-state index contributed by atoms with van der Waals surface area (Å²) in [6.45, 7) is 1.47. The van der Waals surface area contributed by atoms with Crippen LogP contribution in [0, 0.1) is 5.92 Å². The van der Waals surface area contributed by atoms with Crippen LogP contribution in [0.1, 0.15) is 11.5 Å². The zero-order chi connectivity index (χ0) is 15.5. The lowest BCUT2D eigenvalue weighted by Gasteiger charge is -2.16. The van der Waals surface area contributed by atoms with E-state index in [0.29, 0.717) is 12.4 Å². The highest BCUT2D eigenvalue weighted by molar-refractivity contribution is 7.98. The lowest BCUT2D eigenvalue weighted by Crippen LogP contribution is -2.28. The minimum Gasteiger partial charge on any atom is -0.315 e. The van der Waals surface area contributed by atoms with E-state index >= 15 is 0 Å². The second kappa shape index (κ2) is 6.50. The molecule has 6 nitrogen and oxygen atoms in total. The number of rotatable bonds is 4. The van der Waals surface area contributed by atoms with Gasteiger partial charge in [-0.2, -0.15) is 5.10 Å². The number of pyridine rings is 1. The Kier molecular flexibility index (Phi) is 4.44. The fourth-order valence-corrected chi connectivity index (χ4v) is 3.09. The number of thioether (sulfide) groups is 1. The SMILES string of the molecule is CSc1ccc(NC(=O)[C@H]2CNC[C@@H]2c2cnn(C)c2)nc1. The fraction of sp³-hybridized carbons (Fsp3) is 0.400. The first-order valence-corrected chi connectivity index (χ1v) is 8.40. The summed E-state index contributed by atoms with van der Waals surface area (Å²) in [5.74, 6) is 0.647. The lowest BCUT2D eigenvalue weighted by molar-refractivity contribution is -0.119. The topological polar surface area (TPSA) is 71.8 Å². The van der Waals surface area contributed by atoms with Crippen LogP contribution in [0.4, 0.5) is 5.82 Å². The van der Waals surface area contributed by atoms with Gasteiger partial charge in [0.25, 0.3) is 0 Å². The number of aryl methyl sites for hydroxylation is 1. The summed E-state index contributed by atoms with van der Waals surface area (Å²) in [7, 11) is 1.89. The monoisotopic (exact) mass is 317 g/mol. The summed E-state index contributed by atoms with van der Waals surface area (Å²) < 4.78 is 1.77. The molecule has 0 spiro atoms. The molecule has 0 radical (unpaired) electrons. The molecule has 7 heteroatoms. The number of aromatic nitrogens is 3. The maximum atomic E-state index is 12.5. The first kappa shape index (κ1) is 15.1. The number of carbonyl (C=O) groups is 1. The zero-order valence-electron chi connectivity index (χ0n) is 12.6. The third kappa shape index (κ3) is 3.15. The molecule has 0 bridgehead atoms. The number of nitrogens with zero attached hydrogens (tertiary/aromatic N) is 3. The first-order chi connectivity index (χ1) is 10.7. The van der Waals surface area contributed by atoms with Crippen molar-refractivity contribution in [2.45, 2.75) is 10.8 Å². The van der Waals surface area contributed by atoms with Crippen LogP contribution < -0.4 is 10.6 Å². The van der Waals surface area contributed by atoms with E-state index in [1.807, 2.05) is 37.8 Å². The second-order valence-electron chi connectivity index (χ2n) is 5.39. The molecule has 2 aromatic heterocycles. The van der Waals surface area contributed by atoms with E-state index in [-0.39, 0.29) is 17.7 Å². The number of anilines is 1. The second-order valence-corrected chi connectivity index (χ2v) is 6.27. The predicted octanol–water partition coefficient (Wildman–Crippen LogP) is 1.48. The van der Waals surface area contributed by atoms with Crippen LogP contribution in [0.3, 0.4) is 0 Å². The highest BCUT2D eigenvalue weighted by Crippen LogP contribution is 2.28. The normalized spacial score (nSPS) is 21.0. The molecule has 3 rings (SSSR count). The van der Waals surface area contributed by atoms with Gasteiger partial charge in [0, 0.05) is 43.3 Å². The van der Waals surface area contributed by atoms with Gasteiger partial charge in [-0.25, -0.2) is 4.98 Å². The molecule has 1 aliphatic heterocycles. The molecular weight excluding hydrogens is 298 g/mol. The van der Waals surface area contributed by atoms with Gasteiger partial charge in [0.2, 0.25) is 5.91 Å². The Morgan fingerprint density at radius 2 is 2.27 bits per heavy atom. The van der Waals surface area contributed by atoms with Gasteiger partial charge < -0.3 is 10.6 Å². The summed E-state index contributed by atoms with van der Waals surface area (Å²) in [5, 5.41) is 10.4. The standard InChI is InChI=1S/C15H19N5OS/c1-20-9-10(5-18-20)12-7-16-8-13(12)15(21)19-14-4-3-11(22-2)6-17-14/h3-6,9,12-13,16H,7-8H2,1-2H3,(H,17,19,21)/t12-,13+/m1/s1. The highest BCUT2D eigenvalue weighted by atomic mass is 32.2. The van der Waals surface area contributed by atoms with Gasteiger partial charge in [0.1, 0.15) is 5.82 Å². The molecular formula is C15H19N5OS. The summed E-state index contributed by atoms with van der Waals surface area (Å²) in [6, 6.07) is 3.80. The van der Waals surface area contributed by atoms with Gasteiger partial charge in [-0.15, -0.1) is 11.8 Å². The van der Waals surface area contributed by atoms with Gasteiger partial charge in [0.05, 0.1) is 12.1 Å². The number of nitrogens with one attached hydrogen (secondary N) is 2. The Morgan fingerprint density at radius 3 is 2.91 bits per heavy atom. The van der Waals surface area contributed by atoms with Gasteiger partial charge in [0.15, 0.2) is 0 Å². The van der Waals surface area contributed by atoms with Crippen molar-refractivity contribution < 1.29 is 4.79 Å². The number of amides is 1. The largest absolute Gasteiger partial charge is 0.315 e. The molecule has 0 aliphatic carbocycles. The maximum absolute atomic E-state index is 12.5. The Bertz CT molecular complexity index is 654. The minimum atomic E-state index is -0.105. The molecule has 1 fully saturated rings. The summed E-state index contributed by atoms with van der Waals surface area (Å²) in [6.07, 6.45) is 7.58. The summed E-state index contributed by atoms with van der Waals surface area (Å²) in [5.41, 5.74) is 1.10. The number of hydrogen-bond acceptors (Lipinski definition) is 5. The molecule has 1 amide bonds. The van der Waals surface area contributed by atoms with Crippen molar-refractivity contribution >= 4 is 23.5 Å². The molecule has 2 aromatic rings. The molecule has 2 N–H and O–H groups in total. The zero-order valence-corrected chi connectivity index (χ0v) is 13.4. The number of hydrogen-bond donors (Lipinski definition) is 2. The van der Waals surface area contributed by atoms with Gasteiger partial charge in [-0.1, -0.05) is 0 Å². The van der Waals surface area contributed by atoms with Gasteiger partial charge in [-0.05, 0) is 24.0 Å². The van der Waals surface area contributed by atoms with Gasteiger partial charge >= 0.3 is 0 Å². The smallest absolute Gasteiger partial charge is 0.230 e. The van der Waals surface area contributed by atoms with E-state index in [2.05, 4.69) is 20.7 Å². The third-order valence-corrected chi connectivity index (χ3v) is 4.64. The fourth-order valence-electron chi connectivity index (χ4n) is 2.73. The van der Waals surface area contributed by atoms with Crippen LogP contribution in [0.2, 0.25) is 0 Å². The van der Waals surface area contributed by atoms with Gasteiger partial charge in [-0.3, -0.25) is 9.48 Å². The van der Waals surface area contributed by atoms with Crippen molar-refractivity contribution in [2.75, 3.05) is 24.7 Å². The van der Waals surface area contributed by atoms with Crippen LogP contribution >= 0.6 is 11.8 Å². The molecule has 116 valence electrons. The molecule has 1 saturated heterocycles. The highest BCUT2D eigenvalue weighted by Gasteiger charge is 2.34. The third-order valence-electron chi connectivity index (χ3n) is 3.93. The molecule has 3 heterocycles. The van der Waals surface area contributed by atoms with E-state index < -0.39 is 0 Å². The lowest BCUT2D eigenvalue weighted by atomic mass is 9.90. The molecule has 1 aliphatic rings. The average molecular weight is 317 g/mol. The molecule has 0 aromatic carbocycles. The van der Waals surface area contributed by atoms with Crippen molar-refractivity contribution in [2.24, 2.45) is 13.0 Å². The maximum Gasteiger partial charge on any atom is 0.230 e. The van der Waals surface area contributed by atoms with Crippen molar-refractivity contribution in [3.8, 4) is 0 Å². The predicted molar refractivity (Wildman–Crippen MR) is 87.0 cm³/mol. The Morgan fingerprint density at radius 1 is 1.41 bits per heavy atom. The molecule has 2 atom stereocenters. The number of carbonyl (C=O) groups excluding carboxylic acids is 1.